The summed E-state index contributed by atoms with van der Waals surface area (Å²) in [6, 6.07) is 7.59. The van der Waals surface area contributed by atoms with Gasteiger partial charge in [0.1, 0.15) is 6.10 Å². The van der Waals surface area contributed by atoms with Crippen LogP contribution < -0.4 is 0 Å². The second kappa shape index (κ2) is 2.72. The molecule has 62 valence electrons. The zero-order valence-corrected chi connectivity index (χ0v) is 6.91. The molecule has 0 radical (unpaired) electrons. The fourth-order valence-corrected chi connectivity index (χ4v) is 1.40. The summed E-state index contributed by atoms with van der Waals surface area (Å²) in [7, 11) is 0. The van der Waals surface area contributed by atoms with Gasteiger partial charge in [0.2, 0.25) is 0 Å². The average Bonchev–Trinajstić information content (AvgIpc) is 2.12. The molecule has 0 spiro atoms. The Kier molecular flexibility index (Phi) is 1.70. The van der Waals surface area contributed by atoms with Crippen LogP contribution in [0.1, 0.15) is 22.8 Å². The Labute approximate surface area is 71.2 Å². The molecule has 1 aliphatic heterocycles. The van der Waals surface area contributed by atoms with Crippen molar-refractivity contribution in [2.24, 2.45) is 0 Å². The second-order valence-electron chi connectivity index (χ2n) is 2.97. The van der Waals surface area contributed by atoms with E-state index < -0.39 is 0 Å². The fourth-order valence-electron chi connectivity index (χ4n) is 1.40. The van der Waals surface area contributed by atoms with Crippen molar-refractivity contribution in [3.05, 3.63) is 35.4 Å². The predicted molar refractivity (Wildman–Crippen MR) is 45.0 cm³/mol. The first-order chi connectivity index (χ1) is 5.79. The molecule has 0 amide bonds. The number of hydrogen-bond acceptors (Lipinski definition) is 2. The van der Waals surface area contributed by atoms with Gasteiger partial charge in [-0.1, -0.05) is 24.3 Å². The van der Waals surface area contributed by atoms with Crippen LogP contribution in [0.5, 0.6) is 0 Å². The van der Waals surface area contributed by atoms with Crippen LogP contribution in [0.4, 0.5) is 0 Å². The van der Waals surface area contributed by atoms with Gasteiger partial charge in [-0.05, 0) is 12.5 Å². The van der Waals surface area contributed by atoms with Crippen molar-refractivity contribution in [1.82, 2.24) is 0 Å². The van der Waals surface area contributed by atoms with Gasteiger partial charge in [0.15, 0.2) is 5.78 Å². The second-order valence-corrected chi connectivity index (χ2v) is 2.97. The summed E-state index contributed by atoms with van der Waals surface area (Å²) >= 11 is 0. The Hall–Kier alpha value is -1.15. The summed E-state index contributed by atoms with van der Waals surface area (Å²) in [4.78, 5) is 11.5. The average molecular weight is 162 g/mol. The van der Waals surface area contributed by atoms with Crippen LogP contribution in [0.25, 0.3) is 0 Å². The van der Waals surface area contributed by atoms with E-state index in [1.54, 1.807) is 6.92 Å². The minimum atomic E-state index is -0.278. The van der Waals surface area contributed by atoms with Crippen molar-refractivity contribution < 1.29 is 9.53 Å². The SMILES string of the molecule is C[C@@H]1OCc2ccccc2C1=O. The minimum Gasteiger partial charge on any atom is -0.366 e. The Balaban J connectivity index is 2.49. The van der Waals surface area contributed by atoms with Gasteiger partial charge in [0, 0.05) is 5.56 Å². The zero-order valence-electron chi connectivity index (χ0n) is 6.91. The Morgan fingerprint density at radius 1 is 1.42 bits per heavy atom. The Morgan fingerprint density at radius 2 is 2.17 bits per heavy atom. The molecule has 0 N–H and O–H groups in total. The van der Waals surface area contributed by atoms with Crippen LogP contribution >= 0.6 is 0 Å². The monoisotopic (exact) mass is 162 g/mol. The van der Waals surface area contributed by atoms with Gasteiger partial charge in [-0.15, -0.1) is 0 Å². The van der Waals surface area contributed by atoms with E-state index in [2.05, 4.69) is 0 Å². The number of ketones is 1. The van der Waals surface area contributed by atoms with Crippen LogP contribution in [-0.4, -0.2) is 11.9 Å². The molecule has 1 atom stereocenters. The van der Waals surface area contributed by atoms with E-state index in [1.165, 1.54) is 0 Å². The number of fused-ring (bicyclic) bond motifs is 1. The van der Waals surface area contributed by atoms with Crippen LogP contribution in [0.2, 0.25) is 0 Å². The molecule has 2 heteroatoms. The number of Topliss-reactive ketones (excluding diaryl/α,β-unsaturated/α-hetero) is 1. The minimum absolute atomic E-state index is 0.0943. The molecule has 12 heavy (non-hydrogen) atoms. The largest absolute Gasteiger partial charge is 0.366 e. The highest BCUT2D eigenvalue weighted by molar-refractivity contribution is 6.01. The van der Waals surface area contributed by atoms with Crippen molar-refractivity contribution in [2.75, 3.05) is 0 Å². The van der Waals surface area contributed by atoms with E-state index in [0.29, 0.717) is 6.61 Å². The summed E-state index contributed by atoms with van der Waals surface area (Å²) in [5.41, 5.74) is 1.82. The lowest BCUT2D eigenvalue weighted by atomic mass is 9.99. The fraction of sp³-hybridized carbons (Fsp3) is 0.300. The number of carbonyl (C=O) groups is 1. The smallest absolute Gasteiger partial charge is 0.191 e. The predicted octanol–water partition coefficient (Wildman–Crippen LogP) is 1.79. The summed E-state index contributed by atoms with van der Waals surface area (Å²) in [6.45, 7) is 2.35. The molecule has 0 bridgehead atoms. The summed E-state index contributed by atoms with van der Waals surface area (Å²) in [5.74, 6) is 0.0943. The maximum Gasteiger partial charge on any atom is 0.191 e. The topological polar surface area (TPSA) is 26.3 Å². The van der Waals surface area contributed by atoms with Crippen LogP contribution in [0.15, 0.2) is 24.3 Å². The Morgan fingerprint density at radius 3 is 3.00 bits per heavy atom. The molecule has 0 saturated heterocycles. The van der Waals surface area contributed by atoms with Gasteiger partial charge in [0.05, 0.1) is 6.61 Å². The first-order valence-electron chi connectivity index (χ1n) is 4.03. The van der Waals surface area contributed by atoms with E-state index in [0.717, 1.165) is 11.1 Å². The molecule has 0 aliphatic carbocycles. The number of rotatable bonds is 0. The Bertz CT molecular complexity index is 317. The summed E-state index contributed by atoms with van der Waals surface area (Å²) in [6.07, 6.45) is -0.278. The maximum atomic E-state index is 11.5. The third-order valence-electron chi connectivity index (χ3n) is 2.14. The van der Waals surface area contributed by atoms with Crippen molar-refractivity contribution in [1.29, 1.82) is 0 Å². The molecule has 0 aromatic heterocycles. The molecule has 1 aliphatic rings. The molecule has 0 unspecified atom stereocenters. The first-order valence-corrected chi connectivity index (χ1v) is 4.03. The molecule has 0 saturated carbocycles. The number of carbonyl (C=O) groups excluding carboxylic acids is 1. The standard InChI is InChI=1S/C10H10O2/c1-7-10(11)9-5-3-2-4-8(9)6-12-7/h2-5,7H,6H2,1H3/t7-/m0/s1. The van der Waals surface area contributed by atoms with E-state index in [9.17, 15) is 4.79 Å². The van der Waals surface area contributed by atoms with Gasteiger partial charge in [-0.25, -0.2) is 0 Å². The van der Waals surface area contributed by atoms with Gasteiger partial charge in [0.25, 0.3) is 0 Å². The van der Waals surface area contributed by atoms with Crippen molar-refractivity contribution in [2.45, 2.75) is 19.6 Å². The number of benzene rings is 1. The molecular formula is C10H10O2. The van der Waals surface area contributed by atoms with Crippen LogP contribution in [0.3, 0.4) is 0 Å². The number of hydrogen-bond donors (Lipinski definition) is 0. The zero-order chi connectivity index (χ0) is 8.55. The highest BCUT2D eigenvalue weighted by atomic mass is 16.5. The van der Waals surface area contributed by atoms with E-state index in [1.807, 2.05) is 24.3 Å². The lowest BCUT2D eigenvalue weighted by molar-refractivity contribution is 0.0337. The molecule has 2 nitrogen and oxygen atoms in total. The van der Waals surface area contributed by atoms with Crippen LogP contribution in [0, 0.1) is 0 Å². The van der Waals surface area contributed by atoms with E-state index in [4.69, 9.17) is 4.74 Å². The lowest BCUT2D eigenvalue weighted by Crippen LogP contribution is -2.26. The molecular weight excluding hydrogens is 152 g/mol. The van der Waals surface area contributed by atoms with Gasteiger partial charge < -0.3 is 4.74 Å². The molecule has 1 aromatic carbocycles. The highest BCUT2D eigenvalue weighted by Gasteiger charge is 2.23. The maximum absolute atomic E-state index is 11.5. The number of ether oxygens (including phenoxy) is 1. The van der Waals surface area contributed by atoms with E-state index >= 15 is 0 Å². The first kappa shape index (κ1) is 7.50. The summed E-state index contributed by atoms with van der Waals surface area (Å²) in [5, 5.41) is 0. The normalized spacial score (nSPS) is 22.1. The quantitative estimate of drug-likeness (QED) is 0.581. The van der Waals surface area contributed by atoms with Gasteiger partial charge >= 0.3 is 0 Å². The van der Waals surface area contributed by atoms with Crippen molar-refractivity contribution >= 4 is 5.78 Å². The van der Waals surface area contributed by atoms with Crippen molar-refractivity contribution in [3.63, 3.8) is 0 Å². The van der Waals surface area contributed by atoms with Crippen LogP contribution in [-0.2, 0) is 11.3 Å². The van der Waals surface area contributed by atoms with Gasteiger partial charge in [-0.2, -0.15) is 0 Å². The highest BCUT2D eigenvalue weighted by Crippen LogP contribution is 2.19. The van der Waals surface area contributed by atoms with E-state index in [-0.39, 0.29) is 11.9 Å². The van der Waals surface area contributed by atoms with Crippen molar-refractivity contribution in [3.8, 4) is 0 Å². The third kappa shape index (κ3) is 1.04. The van der Waals surface area contributed by atoms with Gasteiger partial charge in [-0.3, -0.25) is 4.79 Å². The molecule has 1 heterocycles. The molecule has 0 fully saturated rings. The summed E-state index contributed by atoms with van der Waals surface area (Å²) < 4.78 is 5.27. The lowest BCUT2D eigenvalue weighted by Gasteiger charge is -2.20. The molecule has 2 rings (SSSR count). The molecule has 1 aromatic rings. The third-order valence-corrected chi connectivity index (χ3v) is 2.14.